The molecule has 6 heteroatoms. The monoisotopic (exact) mass is 395 g/mol. The molecular weight excluding hydrogens is 378 g/mol. The van der Waals surface area contributed by atoms with Crippen molar-refractivity contribution < 1.29 is 14.3 Å². The molecule has 0 spiro atoms. The first-order valence-electron chi connectivity index (χ1n) is 7.13. The number of rotatable bonds is 6. The van der Waals surface area contributed by atoms with Gasteiger partial charge >= 0.3 is 5.97 Å². The van der Waals surface area contributed by atoms with Crippen LogP contribution in [0.3, 0.4) is 0 Å². The molecule has 23 heavy (non-hydrogen) atoms. The lowest BCUT2D eigenvalue weighted by Crippen LogP contribution is -2.42. The van der Waals surface area contributed by atoms with Crippen LogP contribution < -0.4 is 5.32 Å². The molecule has 122 valence electrons. The number of amides is 1. The highest BCUT2D eigenvalue weighted by Crippen LogP contribution is 2.26. The van der Waals surface area contributed by atoms with Gasteiger partial charge in [0, 0.05) is 10.0 Å². The van der Waals surface area contributed by atoms with Crippen LogP contribution in [0, 0.1) is 0 Å². The Hall–Kier alpha value is -1.53. The minimum atomic E-state index is -0.637. The molecule has 0 fully saturated rings. The molecule has 0 aromatic heterocycles. The Labute approximate surface area is 148 Å². The summed E-state index contributed by atoms with van der Waals surface area (Å²) in [6.07, 6.45) is 2.49. The summed E-state index contributed by atoms with van der Waals surface area (Å²) in [5.74, 6) is 0.0697. The Morgan fingerprint density at radius 1 is 1.22 bits per heavy atom. The maximum atomic E-state index is 12.6. The number of nitrogens with one attached hydrogen (secondary N) is 1. The lowest BCUT2D eigenvalue weighted by Gasteiger charge is -2.17. The van der Waals surface area contributed by atoms with Crippen molar-refractivity contribution in [3.8, 4) is 0 Å². The van der Waals surface area contributed by atoms with Gasteiger partial charge in [0.25, 0.3) is 5.91 Å². The normalized spacial score (nSPS) is 12.0. The molecule has 0 aliphatic rings. The molecule has 0 bridgehead atoms. The number of fused-ring (bicyclic) bond motifs is 1. The van der Waals surface area contributed by atoms with E-state index >= 15 is 0 Å². The Morgan fingerprint density at radius 3 is 2.57 bits per heavy atom. The molecule has 2 aromatic rings. The van der Waals surface area contributed by atoms with E-state index in [4.69, 9.17) is 4.74 Å². The second-order valence-electron chi connectivity index (χ2n) is 4.97. The molecule has 1 amide bonds. The van der Waals surface area contributed by atoms with Crippen LogP contribution in [0.5, 0.6) is 0 Å². The third-order valence-corrected chi connectivity index (χ3v) is 4.85. The van der Waals surface area contributed by atoms with Gasteiger partial charge in [-0.1, -0.05) is 40.2 Å². The Bertz CT molecular complexity index is 720. The van der Waals surface area contributed by atoms with Gasteiger partial charge in [0.15, 0.2) is 0 Å². The predicted octanol–water partition coefficient (Wildman–Crippen LogP) is 3.63. The van der Waals surface area contributed by atoms with Crippen LogP contribution in [-0.4, -0.2) is 37.0 Å². The van der Waals surface area contributed by atoms with E-state index in [2.05, 4.69) is 21.2 Å². The largest absolute Gasteiger partial charge is 0.467 e. The minimum Gasteiger partial charge on any atom is -0.467 e. The minimum absolute atomic E-state index is 0.273. The highest BCUT2D eigenvalue weighted by Gasteiger charge is 2.22. The fourth-order valence-corrected chi connectivity index (χ4v) is 3.27. The van der Waals surface area contributed by atoms with Gasteiger partial charge in [-0.15, -0.1) is 0 Å². The topological polar surface area (TPSA) is 55.4 Å². The number of benzene rings is 2. The fourth-order valence-electron chi connectivity index (χ4n) is 2.32. The van der Waals surface area contributed by atoms with E-state index in [1.807, 2.05) is 36.6 Å². The van der Waals surface area contributed by atoms with Crippen LogP contribution >= 0.6 is 27.7 Å². The molecule has 0 saturated carbocycles. The summed E-state index contributed by atoms with van der Waals surface area (Å²) in [6, 6.07) is 10.6. The van der Waals surface area contributed by atoms with Crippen molar-refractivity contribution >= 4 is 50.3 Å². The molecule has 1 N–H and O–H groups in total. The maximum Gasteiger partial charge on any atom is 0.328 e. The number of methoxy groups -OCH3 is 1. The van der Waals surface area contributed by atoms with Gasteiger partial charge in [-0.05, 0) is 41.3 Å². The first-order chi connectivity index (χ1) is 11.1. The first-order valence-corrected chi connectivity index (χ1v) is 9.32. The van der Waals surface area contributed by atoms with E-state index in [-0.39, 0.29) is 5.91 Å². The van der Waals surface area contributed by atoms with Crippen molar-refractivity contribution in [3.05, 3.63) is 46.4 Å². The number of carbonyl (C=O) groups is 2. The smallest absolute Gasteiger partial charge is 0.328 e. The van der Waals surface area contributed by atoms with Gasteiger partial charge < -0.3 is 10.1 Å². The number of halogens is 1. The summed E-state index contributed by atoms with van der Waals surface area (Å²) in [6.45, 7) is 0. The summed E-state index contributed by atoms with van der Waals surface area (Å²) in [7, 11) is 1.33. The zero-order chi connectivity index (χ0) is 16.8. The molecule has 4 nitrogen and oxygen atoms in total. The molecular formula is C17H18BrNO3S. The van der Waals surface area contributed by atoms with Gasteiger partial charge in [0.2, 0.25) is 0 Å². The highest BCUT2D eigenvalue weighted by atomic mass is 79.9. The van der Waals surface area contributed by atoms with Gasteiger partial charge in [-0.3, -0.25) is 4.79 Å². The number of ether oxygens (including phenoxy) is 1. The van der Waals surface area contributed by atoms with Gasteiger partial charge in [-0.25, -0.2) is 4.79 Å². The number of thioether (sulfide) groups is 1. The number of carbonyl (C=O) groups excluding carboxylic acids is 2. The first kappa shape index (κ1) is 17.8. The third-order valence-electron chi connectivity index (χ3n) is 3.52. The van der Waals surface area contributed by atoms with E-state index in [0.29, 0.717) is 12.0 Å². The van der Waals surface area contributed by atoms with Crippen molar-refractivity contribution in [2.24, 2.45) is 0 Å². The Balaban J connectivity index is 2.29. The van der Waals surface area contributed by atoms with Crippen LogP contribution in [0.1, 0.15) is 16.8 Å². The summed E-state index contributed by atoms with van der Waals surface area (Å²) in [5, 5.41) is 4.59. The molecule has 1 atom stereocenters. The van der Waals surface area contributed by atoms with Crippen molar-refractivity contribution in [1.29, 1.82) is 0 Å². The van der Waals surface area contributed by atoms with Crippen LogP contribution in [-0.2, 0) is 9.53 Å². The van der Waals surface area contributed by atoms with E-state index < -0.39 is 12.0 Å². The maximum absolute atomic E-state index is 12.6. The van der Waals surface area contributed by atoms with Gasteiger partial charge in [-0.2, -0.15) is 11.8 Å². The standard InChI is InChI=1S/C17H18BrNO3S/c1-22-17(21)15(9-10-23-2)19-16(20)13-7-8-14(18)12-6-4-3-5-11(12)13/h3-8,15H,9-10H2,1-2H3,(H,19,20)/t15-/m0/s1. The van der Waals surface area contributed by atoms with Crippen LogP contribution in [0.25, 0.3) is 10.8 Å². The molecule has 0 unspecified atom stereocenters. The lowest BCUT2D eigenvalue weighted by atomic mass is 10.0. The van der Waals surface area contributed by atoms with Gasteiger partial charge in [0.05, 0.1) is 7.11 Å². The van der Waals surface area contributed by atoms with E-state index in [1.54, 1.807) is 17.8 Å². The average Bonchev–Trinajstić information content (AvgIpc) is 2.58. The number of hydrogen-bond donors (Lipinski definition) is 1. The predicted molar refractivity (Wildman–Crippen MR) is 97.9 cm³/mol. The third kappa shape index (κ3) is 4.26. The lowest BCUT2D eigenvalue weighted by molar-refractivity contribution is -0.142. The van der Waals surface area contributed by atoms with E-state index in [9.17, 15) is 9.59 Å². The zero-order valence-electron chi connectivity index (χ0n) is 13.0. The second-order valence-corrected chi connectivity index (χ2v) is 6.81. The molecule has 0 heterocycles. The fraction of sp³-hybridized carbons (Fsp3) is 0.294. The summed E-state index contributed by atoms with van der Waals surface area (Å²) in [5.41, 5.74) is 0.543. The van der Waals surface area contributed by atoms with Gasteiger partial charge in [0.1, 0.15) is 6.04 Å². The summed E-state index contributed by atoms with van der Waals surface area (Å²) < 4.78 is 5.71. The zero-order valence-corrected chi connectivity index (χ0v) is 15.4. The SMILES string of the molecule is COC(=O)[C@H](CCSC)NC(=O)c1ccc(Br)c2ccccc12. The van der Waals surface area contributed by atoms with Crippen molar-refractivity contribution in [3.63, 3.8) is 0 Å². The molecule has 0 saturated heterocycles. The van der Waals surface area contributed by atoms with E-state index in [1.165, 1.54) is 7.11 Å². The van der Waals surface area contributed by atoms with Crippen LogP contribution in [0.2, 0.25) is 0 Å². The Kier molecular flexibility index (Phi) is 6.47. The number of hydrogen-bond acceptors (Lipinski definition) is 4. The second kappa shape index (κ2) is 8.36. The summed E-state index contributed by atoms with van der Waals surface area (Å²) >= 11 is 5.11. The van der Waals surface area contributed by atoms with Crippen LogP contribution in [0.4, 0.5) is 0 Å². The quantitative estimate of drug-likeness (QED) is 0.758. The molecule has 0 aliphatic carbocycles. The summed E-state index contributed by atoms with van der Waals surface area (Å²) in [4.78, 5) is 24.5. The Morgan fingerprint density at radius 2 is 1.91 bits per heavy atom. The molecule has 2 aromatic carbocycles. The van der Waals surface area contributed by atoms with Crippen LogP contribution in [0.15, 0.2) is 40.9 Å². The van der Waals surface area contributed by atoms with Crippen molar-refractivity contribution in [1.82, 2.24) is 5.32 Å². The highest BCUT2D eigenvalue weighted by molar-refractivity contribution is 9.10. The number of esters is 1. The van der Waals surface area contributed by atoms with Crippen molar-refractivity contribution in [2.75, 3.05) is 19.1 Å². The molecule has 0 aliphatic heterocycles. The van der Waals surface area contributed by atoms with Crippen molar-refractivity contribution in [2.45, 2.75) is 12.5 Å². The molecule has 2 rings (SSSR count). The molecule has 0 radical (unpaired) electrons. The van der Waals surface area contributed by atoms with E-state index in [0.717, 1.165) is 21.0 Å². The average molecular weight is 396 g/mol.